The summed E-state index contributed by atoms with van der Waals surface area (Å²) in [5.74, 6) is -3.94. The van der Waals surface area contributed by atoms with Crippen LogP contribution in [0.4, 0.5) is 56.6 Å². The predicted molar refractivity (Wildman–Crippen MR) is 268 cm³/mol. The number of hydrogen-bond acceptors (Lipinski definition) is 14. The molecule has 6 aromatic rings. The molecular formula is C54H51F9N10O6. The topological polar surface area (TPSA) is 245 Å². The number of rotatable bonds is 10. The molecule has 416 valence electrons. The number of carboxylic acids is 2. The molecule has 4 heterocycles. The van der Waals surface area contributed by atoms with Crippen LogP contribution in [0, 0.1) is 40.3 Å². The smallest absolute Gasteiger partial charge is 0.419 e. The van der Waals surface area contributed by atoms with E-state index in [0.717, 1.165) is 25.0 Å². The van der Waals surface area contributed by atoms with Gasteiger partial charge in [-0.05, 0) is 137 Å². The monoisotopic (exact) mass is 1110 g/mol. The summed E-state index contributed by atoms with van der Waals surface area (Å²) in [6.07, 6.45) is -6.28. The summed E-state index contributed by atoms with van der Waals surface area (Å²) in [5, 5.41) is 47.2. The van der Waals surface area contributed by atoms with E-state index in [0.29, 0.717) is 117 Å². The zero-order valence-electron chi connectivity index (χ0n) is 41.9. The molecule has 4 aliphatic rings. The highest BCUT2D eigenvalue weighted by Crippen LogP contribution is 2.40. The van der Waals surface area contributed by atoms with Crippen LogP contribution in [0.3, 0.4) is 0 Å². The van der Waals surface area contributed by atoms with Gasteiger partial charge in [0.25, 0.3) is 11.8 Å². The lowest BCUT2D eigenvalue weighted by atomic mass is 10.0. The van der Waals surface area contributed by atoms with Crippen molar-refractivity contribution in [3.63, 3.8) is 0 Å². The molecule has 25 heteroatoms. The van der Waals surface area contributed by atoms with E-state index in [-0.39, 0.29) is 64.7 Å². The average molecular weight is 1110 g/mol. The fourth-order valence-electron chi connectivity index (χ4n) is 9.89. The van der Waals surface area contributed by atoms with Crippen LogP contribution in [0.25, 0.3) is 45.7 Å². The summed E-state index contributed by atoms with van der Waals surface area (Å²) in [6.45, 7) is 1.97. The molecule has 4 fully saturated rings. The summed E-state index contributed by atoms with van der Waals surface area (Å²) >= 11 is 0. The van der Waals surface area contributed by atoms with Crippen molar-refractivity contribution >= 4 is 29.0 Å². The van der Waals surface area contributed by atoms with Crippen molar-refractivity contribution in [3.8, 4) is 57.8 Å². The molecule has 0 amide bonds. The summed E-state index contributed by atoms with van der Waals surface area (Å²) in [7, 11) is 0. The van der Waals surface area contributed by atoms with E-state index in [9.17, 15) is 64.7 Å². The van der Waals surface area contributed by atoms with Gasteiger partial charge >= 0.3 is 24.3 Å². The average Bonchev–Trinajstić information content (AvgIpc) is 4.30. The second-order valence-corrected chi connectivity index (χ2v) is 19.6. The molecule has 2 saturated carbocycles. The molecule has 0 bridgehead atoms. The molecule has 10 rings (SSSR count). The Kier molecular flexibility index (Phi) is 17.5. The van der Waals surface area contributed by atoms with Crippen molar-refractivity contribution < 1.29 is 68.4 Å². The summed E-state index contributed by atoms with van der Waals surface area (Å²) in [4.78, 5) is 33.7. The van der Waals surface area contributed by atoms with Gasteiger partial charge in [0.15, 0.2) is 0 Å². The molecule has 1 unspecified atom stereocenters. The molecule has 0 spiro atoms. The first-order valence-electron chi connectivity index (χ1n) is 25.2. The van der Waals surface area contributed by atoms with E-state index >= 15 is 0 Å². The Morgan fingerprint density at radius 2 is 1.05 bits per heavy atom. The maximum Gasteiger partial charge on any atom is 0.419 e. The number of nitrogens with two attached hydrogens (primary N) is 1. The third-order valence-electron chi connectivity index (χ3n) is 14.2. The van der Waals surface area contributed by atoms with Crippen LogP contribution < -0.4 is 20.9 Å². The first-order valence-corrected chi connectivity index (χ1v) is 25.2. The Balaban J connectivity index is 0.000000183. The minimum Gasteiger partial charge on any atom is -0.481 e. The zero-order valence-corrected chi connectivity index (χ0v) is 41.9. The molecule has 2 aliphatic carbocycles. The Bertz CT molecular complexity index is 3230. The normalized spacial score (nSPS) is 19.8. The molecule has 0 radical (unpaired) electrons. The second kappa shape index (κ2) is 24.2. The lowest BCUT2D eigenvalue weighted by Crippen LogP contribution is -2.34. The lowest BCUT2D eigenvalue weighted by Gasteiger charge is -2.31. The molecule has 2 saturated heterocycles. The summed E-state index contributed by atoms with van der Waals surface area (Å²) in [6, 6.07) is 19.9. The number of nitriles is 2. The SMILES string of the molecule is N#Cc1cc(-c2nc(-c3ccc(F)c(C(F)(F)F)c3)no2)ccc1N1CCC(F)CC1.N#Cc1cc(-c2nc(-c3ccc(N[C@@H]4CC[C@H](C(=O)O)C4)c(C(F)(F)F)c3)no2)ccc1N1CCC(F)CC1.N[C@@H]1CCC(C(=O)O)C1. The molecular weight excluding hydrogens is 1060 g/mol. The van der Waals surface area contributed by atoms with Gasteiger partial charge in [-0.15, -0.1) is 0 Å². The van der Waals surface area contributed by atoms with Crippen LogP contribution in [0.2, 0.25) is 0 Å². The molecule has 5 N–H and O–H groups in total. The van der Waals surface area contributed by atoms with Crippen LogP contribution in [-0.4, -0.2) is 93.0 Å². The van der Waals surface area contributed by atoms with Gasteiger partial charge < -0.3 is 40.1 Å². The van der Waals surface area contributed by atoms with Crippen molar-refractivity contribution in [3.05, 3.63) is 101 Å². The van der Waals surface area contributed by atoms with E-state index in [4.69, 9.17) is 19.9 Å². The van der Waals surface area contributed by atoms with Crippen LogP contribution in [0.5, 0.6) is 0 Å². The predicted octanol–water partition coefficient (Wildman–Crippen LogP) is 11.5. The van der Waals surface area contributed by atoms with E-state index in [2.05, 4.69) is 37.7 Å². The van der Waals surface area contributed by atoms with Gasteiger partial charge in [-0.2, -0.15) is 46.8 Å². The van der Waals surface area contributed by atoms with Gasteiger partial charge in [0.2, 0.25) is 11.6 Å². The molecule has 2 aromatic heterocycles. The number of nitrogens with one attached hydrogen (secondary N) is 1. The van der Waals surface area contributed by atoms with Crippen molar-refractivity contribution in [2.24, 2.45) is 17.6 Å². The highest BCUT2D eigenvalue weighted by atomic mass is 19.4. The number of hydrogen-bond donors (Lipinski definition) is 4. The quantitative estimate of drug-likeness (QED) is 0.0932. The van der Waals surface area contributed by atoms with Gasteiger partial charge in [-0.25, -0.2) is 13.2 Å². The molecule has 4 atom stereocenters. The Morgan fingerprint density at radius 3 is 1.47 bits per heavy atom. The number of carbonyl (C=O) groups is 2. The van der Waals surface area contributed by atoms with Gasteiger partial charge in [0.05, 0.1) is 45.5 Å². The number of carboxylic acid groups (broad SMARTS) is 2. The van der Waals surface area contributed by atoms with E-state index in [1.54, 1.807) is 30.3 Å². The number of nitrogens with zero attached hydrogens (tertiary/aromatic N) is 8. The summed E-state index contributed by atoms with van der Waals surface area (Å²) < 4.78 is 132. The third-order valence-corrected chi connectivity index (χ3v) is 14.2. The fourth-order valence-corrected chi connectivity index (χ4v) is 9.89. The lowest BCUT2D eigenvalue weighted by molar-refractivity contribution is -0.142. The first kappa shape index (κ1) is 57.0. The number of halogens is 9. The maximum atomic E-state index is 13.9. The second-order valence-electron chi connectivity index (χ2n) is 19.6. The maximum absolute atomic E-state index is 13.9. The Hall–Kier alpha value is -8.19. The minimum atomic E-state index is -4.86. The van der Waals surface area contributed by atoms with Gasteiger partial charge in [-0.3, -0.25) is 9.59 Å². The Labute approximate surface area is 445 Å². The largest absolute Gasteiger partial charge is 0.481 e. The van der Waals surface area contributed by atoms with Crippen LogP contribution in [-0.2, 0) is 21.9 Å². The van der Waals surface area contributed by atoms with Crippen LogP contribution in [0.1, 0.15) is 86.5 Å². The van der Waals surface area contributed by atoms with E-state index in [1.165, 1.54) is 18.2 Å². The number of benzene rings is 4. The van der Waals surface area contributed by atoms with Crippen LogP contribution >= 0.6 is 0 Å². The molecule has 2 aliphatic heterocycles. The minimum absolute atomic E-state index is 0.00148. The first-order chi connectivity index (χ1) is 37.6. The Morgan fingerprint density at radius 1 is 0.608 bits per heavy atom. The van der Waals surface area contributed by atoms with Crippen molar-refractivity contribution in [2.45, 2.75) is 101 Å². The number of piperidine rings is 2. The van der Waals surface area contributed by atoms with E-state index in [1.807, 2.05) is 9.80 Å². The number of anilines is 3. The van der Waals surface area contributed by atoms with Crippen molar-refractivity contribution in [2.75, 3.05) is 41.3 Å². The van der Waals surface area contributed by atoms with Gasteiger partial charge in [0.1, 0.15) is 30.3 Å². The molecule has 16 nitrogen and oxygen atoms in total. The fraction of sp³-hybridized carbons (Fsp3) is 0.407. The number of aromatic nitrogens is 4. The zero-order chi connectivity index (χ0) is 56.8. The van der Waals surface area contributed by atoms with Crippen LogP contribution in [0.15, 0.2) is 81.8 Å². The third kappa shape index (κ3) is 13.9. The summed E-state index contributed by atoms with van der Waals surface area (Å²) in [5.41, 5.74) is 5.87. The van der Waals surface area contributed by atoms with Gasteiger partial charge in [0, 0.05) is 66.2 Å². The standard InChI is InChI=1S/C27H25F4N5O3.C21H15F5N4O.C6H11NO2/c28-19-7-9-36(10-8-19)23-6-3-16(11-18(23)14-32)25-34-24(35-39-25)15-2-5-22(21(13-15)27(29,30)31)33-20-4-1-17(12-20)26(37)38;22-15-5-7-30(8-6-15)18-4-2-13(9-14(18)11-27)20-28-19(29-31-20)12-1-3-17(23)16(10-12)21(24,25)26;7-5-2-1-4(3-5)6(8)9/h2-3,5-6,11,13,17,19-20,33H,1,4,7-10,12H2,(H,37,38);1-4,9-10,15H,5-8H2;4-5H,1-3,7H2,(H,8,9)/t17-,20+;;4?,5-/m0.1/s1. The highest BCUT2D eigenvalue weighted by Gasteiger charge is 2.38. The van der Waals surface area contributed by atoms with Crippen molar-refractivity contribution in [1.29, 1.82) is 10.5 Å². The van der Waals surface area contributed by atoms with Crippen molar-refractivity contribution in [1.82, 2.24) is 20.3 Å². The number of alkyl halides is 8. The van der Waals surface area contributed by atoms with E-state index < -0.39 is 59.5 Å². The molecule has 79 heavy (non-hydrogen) atoms. The number of aliphatic carboxylic acids is 2. The molecule has 4 aromatic carbocycles. The van der Waals surface area contributed by atoms with Gasteiger partial charge in [-0.1, -0.05) is 10.3 Å². The highest BCUT2D eigenvalue weighted by molar-refractivity contribution is 5.73.